The van der Waals surface area contributed by atoms with Crippen molar-refractivity contribution in [1.29, 1.82) is 0 Å². The molecule has 148 valence electrons. The molecule has 0 fully saturated rings. The SMILES string of the molecule is CN=C(NCCOc1ccc(C(C)C)cc1)NCc1nc(C(F)(F)F)cs1. The van der Waals surface area contributed by atoms with E-state index in [1.165, 1.54) is 5.56 Å². The molecule has 0 unspecified atom stereocenters. The predicted octanol–water partition coefficient (Wildman–Crippen LogP) is 4.03. The molecular formula is C18H23F3N4OS. The summed E-state index contributed by atoms with van der Waals surface area (Å²) in [6, 6.07) is 7.94. The average Bonchev–Trinajstić information content (AvgIpc) is 3.11. The van der Waals surface area contributed by atoms with Crippen LogP contribution in [-0.2, 0) is 12.7 Å². The molecule has 5 nitrogen and oxygen atoms in total. The zero-order valence-electron chi connectivity index (χ0n) is 15.4. The number of hydrogen-bond acceptors (Lipinski definition) is 4. The minimum atomic E-state index is -4.42. The molecular weight excluding hydrogens is 377 g/mol. The molecule has 0 aliphatic heterocycles. The quantitative estimate of drug-likeness (QED) is 0.419. The summed E-state index contributed by atoms with van der Waals surface area (Å²) in [5.41, 5.74) is 0.380. The number of aromatic nitrogens is 1. The van der Waals surface area contributed by atoms with E-state index in [2.05, 4.69) is 34.5 Å². The lowest BCUT2D eigenvalue weighted by Crippen LogP contribution is -2.38. The van der Waals surface area contributed by atoms with Crippen molar-refractivity contribution in [1.82, 2.24) is 15.6 Å². The number of rotatable bonds is 7. The Balaban J connectivity index is 1.72. The lowest BCUT2D eigenvalue weighted by atomic mass is 10.0. The number of aliphatic imine (C=N–C) groups is 1. The van der Waals surface area contributed by atoms with Gasteiger partial charge in [0.25, 0.3) is 0 Å². The number of nitrogens with zero attached hydrogens (tertiary/aromatic N) is 2. The fraction of sp³-hybridized carbons (Fsp3) is 0.444. The van der Waals surface area contributed by atoms with Crippen LogP contribution in [0.25, 0.3) is 0 Å². The first kappa shape index (κ1) is 21.0. The van der Waals surface area contributed by atoms with Crippen LogP contribution in [0.2, 0.25) is 0 Å². The first-order valence-corrected chi connectivity index (χ1v) is 9.36. The van der Waals surface area contributed by atoms with Crippen molar-refractivity contribution in [3.8, 4) is 5.75 Å². The molecule has 0 aliphatic rings. The maximum atomic E-state index is 12.5. The number of nitrogens with one attached hydrogen (secondary N) is 2. The van der Waals surface area contributed by atoms with Gasteiger partial charge in [0, 0.05) is 12.4 Å². The van der Waals surface area contributed by atoms with Gasteiger partial charge in [0.1, 0.15) is 17.4 Å². The van der Waals surface area contributed by atoms with Crippen molar-refractivity contribution in [2.24, 2.45) is 4.99 Å². The van der Waals surface area contributed by atoms with Crippen LogP contribution in [0, 0.1) is 0 Å². The normalized spacial score (nSPS) is 12.3. The number of benzene rings is 1. The van der Waals surface area contributed by atoms with Crippen LogP contribution in [0.5, 0.6) is 5.75 Å². The number of thiazole rings is 1. The van der Waals surface area contributed by atoms with Crippen LogP contribution >= 0.6 is 11.3 Å². The number of ether oxygens (including phenoxy) is 1. The van der Waals surface area contributed by atoms with E-state index in [1.807, 2.05) is 24.3 Å². The number of guanidine groups is 1. The van der Waals surface area contributed by atoms with Crippen molar-refractivity contribution in [2.75, 3.05) is 20.2 Å². The molecule has 0 amide bonds. The monoisotopic (exact) mass is 400 g/mol. The molecule has 2 rings (SSSR count). The third-order valence-electron chi connectivity index (χ3n) is 3.68. The largest absolute Gasteiger partial charge is 0.492 e. The van der Waals surface area contributed by atoms with Crippen molar-refractivity contribution in [3.63, 3.8) is 0 Å². The second-order valence-corrected chi connectivity index (χ2v) is 6.99. The van der Waals surface area contributed by atoms with Gasteiger partial charge in [-0.25, -0.2) is 4.98 Å². The van der Waals surface area contributed by atoms with E-state index in [0.717, 1.165) is 22.5 Å². The van der Waals surface area contributed by atoms with Gasteiger partial charge >= 0.3 is 6.18 Å². The third kappa shape index (κ3) is 6.74. The molecule has 27 heavy (non-hydrogen) atoms. The number of alkyl halides is 3. The molecule has 0 atom stereocenters. The van der Waals surface area contributed by atoms with Gasteiger partial charge < -0.3 is 15.4 Å². The van der Waals surface area contributed by atoms with Gasteiger partial charge in [0.2, 0.25) is 0 Å². The molecule has 0 spiro atoms. The lowest BCUT2D eigenvalue weighted by Gasteiger charge is -2.12. The Morgan fingerprint density at radius 1 is 1.22 bits per heavy atom. The van der Waals surface area contributed by atoms with Gasteiger partial charge in [0.15, 0.2) is 11.7 Å². The third-order valence-corrected chi connectivity index (χ3v) is 4.53. The summed E-state index contributed by atoms with van der Waals surface area (Å²) in [6.45, 7) is 5.36. The fourth-order valence-electron chi connectivity index (χ4n) is 2.19. The molecule has 0 bridgehead atoms. The Bertz CT molecular complexity index is 742. The fourth-order valence-corrected chi connectivity index (χ4v) is 2.93. The van der Waals surface area contributed by atoms with Crippen molar-refractivity contribution in [2.45, 2.75) is 32.5 Å². The van der Waals surface area contributed by atoms with E-state index < -0.39 is 11.9 Å². The smallest absolute Gasteiger partial charge is 0.434 e. The predicted molar refractivity (Wildman–Crippen MR) is 101 cm³/mol. The highest BCUT2D eigenvalue weighted by molar-refractivity contribution is 7.09. The Morgan fingerprint density at radius 2 is 1.93 bits per heavy atom. The van der Waals surface area contributed by atoms with E-state index in [-0.39, 0.29) is 6.54 Å². The standard InChI is InChI=1S/C18H23F3N4OS/c1-12(2)13-4-6-14(7-5-13)26-9-8-23-17(22-3)24-10-16-25-15(11-27-16)18(19,20)21/h4-7,11-12H,8-10H2,1-3H3,(H2,22,23,24). The highest BCUT2D eigenvalue weighted by atomic mass is 32.1. The minimum absolute atomic E-state index is 0.165. The maximum absolute atomic E-state index is 12.5. The summed E-state index contributed by atoms with van der Waals surface area (Å²) in [5.74, 6) is 1.73. The second-order valence-electron chi connectivity index (χ2n) is 6.05. The van der Waals surface area contributed by atoms with Crippen LogP contribution in [0.1, 0.15) is 36.0 Å². The van der Waals surface area contributed by atoms with Gasteiger partial charge in [-0.3, -0.25) is 4.99 Å². The highest BCUT2D eigenvalue weighted by Gasteiger charge is 2.33. The summed E-state index contributed by atoms with van der Waals surface area (Å²) in [5, 5.41) is 7.32. The maximum Gasteiger partial charge on any atom is 0.434 e. The van der Waals surface area contributed by atoms with E-state index in [0.29, 0.717) is 30.0 Å². The zero-order chi connectivity index (χ0) is 19.9. The molecule has 1 heterocycles. The van der Waals surface area contributed by atoms with Gasteiger partial charge in [-0.05, 0) is 23.6 Å². The summed E-state index contributed by atoms with van der Waals surface area (Å²) in [6.07, 6.45) is -4.42. The van der Waals surface area contributed by atoms with Crippen molar-refractivity contribution >= 4 is 17.3 Å². The summed E-state index contributed by atoms with van der Waals surface area (Å²) in [4.78, 5) is 7.59. The van der Waals surface area contributed by atoms with E-state index in [1.54, 1.807) is 7.05 Å². The number of halogens is 3. The van der Waals surface area contributed by atoms with Crippen LogP contribution in [0.15, 0.2) is 34.6 Å². The van der Waals surface area contributed by atoms with Crippen molar-refractivity contribution in [3.05, 3.63) is 45.9 Å². The molecule has 0 aliphatic carbocycles. The summed E-state index contributed by atoms with van der Waals surface area (Å²) < 4.78 is 43.3. The molecule has 1 aromatic heterocycles. The molecule has 9 heteroatoms. The first-order chi connectivity index (χ1) is 12.8. The Kier molecular flexibility index (Phi) is 7.46. The van der Waals surface area contributed by atoms with Crippen LogP contribution in [-0.4, -0.2) is 31.1 Å². The average molecular weight is 400 g/mol. The lowest BCUT2D eigenvalue weighted by molar-refractivity contribution is -0.140. The summed E-state index contributed by atoms with van der Waals surface area (Å²) >= 11 is 0.956. The van der Waals surface area contributed by atoms with Crippen molar-refractivity contribution < 1.29 is 17.9 Å². The molecule has 0 saturated heterocycles. The van der Waals surface area contributed by atoms with Crippen LogP contribution < -0.4 is 15.4 Å². The topological polar surface area (TPSA) is 58.5 Å². The Hall–Kier alpha value is -2.29. The second kappa shape index (κ2) is 9.59. The Morgan fingerprint density at radius 3 is 2.48 bits per heavy atom. The van der Waals surface area contributed by atoms with Crippen LogP contribution in [0.3, 0.4) is 0 Å². The number of hydrogen-bond donors (Lipinski definition) is 2. The Labute approximate surface area is 160 Å². The molecule has 2 aromatic rings. The molecule has 1 aromatic carbocycles. The van der Waals surface area contributed by atoms with Gasteiger partial charge in [-0.15, -0.1) is 11.3 Å². The van der Waals surface area contributed by atoms with Crippen LogP contribution in [0.4, 0.5) is 13.2 Å². The molecule has 2 N–H and O–H groups in total. The molecule has 0 radical (unpaired) electrons. The molecule has 0 saturated carbocycles. The van der Waals surface area contributed by atoms with Gasteiger partial charge in [-0.1, -0.05) is 26.0 Å². The van der Waals surface area contributed by atoms with Gasteiger partial charge in [-0.2, -0.15) is 13.2 Å². The van der Waals surface area contributed by atoms with E-state index in [4.69, 9.17) is 4.74 Å². The highest BCUT2D eigenvalue weighted by Crippen LogP contribution is 2.29. The zero-order valence-corrected chi connectivity index (χ0v) is 16.2. The van der Waals surface area contributed by atoms with E-state index in [9.17, 15) is 13.2 Å². The minimum Gasteiger partial charge on any atom is -0.492 e. The summed E-state index contributed by atoms with van der Waals surface area (Å²) in [7, 11) is 1.59. The van der Waals surface area contributed by atoms with Gasteiger partial charge in [0.05, 0.1) is 13.1 Å². The van der Waals surface area contributed by atoms with E-state index >= 15 is 0 Å². The first-order valence-electron chi connectivity index (χ1n) is 8.48.